The van der Waals surface area contributed by atoms with Crippen molar-refractivity contribution in [3.8, 4) is 5.75 Å². The molecule has 104 valence electrons. The normalized spacial score (nSPS) is 11.9. The highest BCUT2D eigenvalue weighted by atomic mass is 35.5. The van der Waals surface area contributed by atoms with Gasteiger partial charge in [-0.2, -0.15) is 0 Å². The number of rotatable bonds is 5. The predicted molar refractivity (Wildman–Crippen MR) is 79.7 cm³/mol. The van der Waals surface area contributed by atoms with Crippen molar-refractivity contribution in [3.05, 3.63) is 58.3 Å². The van der Waals surface area contributed by atoms with Crippen LogP contribution in [0.25, 0.3) is 0 Å². The molecule has 1 aromatic heterocycles. The fourth-order valence-corrected chi connectivity index (χ4v) is 2.20. The van der Waals surface area contributed by atoms with Gasteiger partial charge in [-0.3, -0.25) is 9.78 Å². The lowest BCUT2D eigenvalue weighted by atomic mass is 10.1. The summed E-state index contributed by atoms with van der Waals surface area (Å²) in [6, 6.07) is 8.25. The van der Waals surface area contributed by atoms with Crippen molar-refractivity contribution >= 4 is 29.0 Å². The zero-order valence-corrected chi connectivity index (χ0v) is 12.4. The van der Waals surface area contributed by atoms with Crippen LogP contribution in [0, 0.1) is 0 Å². The molecular weight excluding hydrogens is 297 g/mol. The van der Waals surface area contributed by atoms with Gasteiger partial charge in [-0.25, -0.2) is 0 Å². The fourth-order valence-electron chi connectivity index (χ4n) is 1.75. The minimum Gasteiger partial charge on any atom is -0.481 e. The number of hydrogen-bond donors (Lipinski definition) is 0. The van der Waals surface area contributed by atoms with Crippen LogP contribution in [0.3, 0.4) is 0 Å². The van der Waals surface area contributed by atoms with E-state index in [1.807, 2.05) is 6.92 Å². The summed E-state index contributed by atoms with van der Waals surface area (Å²) in [6.45, 7) is 1.88. The third kappa shape index (κ3) is 3.50. The predicted octanol–water partition coefficient (Wildman–Crippen LogP) is 4.43. The Balaban J connectivity index is 2.19. The SMILES string of the molecule is CCC(Oc1ccc(Cl)cc1Cl)C(=O)c1ccncc1. The van der Waals surface area contributed by atoms with Crippen molar-refractivity contribution in [3.63, 3.8) is 0 Å². The minimum atomic E-state index is -0.587. The van der Waals surface area contributed by atoms with E-state index in [0.29, 0.717) is 27.8 Å². The summed E-state index contributed by atoms with van der Waals surface area (Å²) in [7, 11) is 0. The molecule has 1 unspecified atom stereocenters. The van der Waals surface area contributed by atoms with Crippen molar-refractivity contribution in [2.75, 3.05) is 0 Å². The molecule has 0 saturated heterocycles. The number of hydrogen-bond acceptors (Lipinski definition) is 3. The van der Waals surface area contributed by atoms with Crippen LogP contribution in [0.1, 0.15) is 23.7 Å². The van der Waals surface area contributed by atoms with Gasteiger partial charge in [0.2, 0.25) is 5.78 Å². The monoisotopic (exact) mass is 309 g/mol. The van der Waals surface area contributed by atoms with Crippen LogP contribution in [0.4, 0.5) is 0 Å². The summed E-state index contributed by atoms with van der Waals surface area (Å²) in [6.07, 6.45) is 3.11. The Morgan fingerprint density at radius 3 is 2.55 bits per heavy atom. The Bertz CT molecular complexity index is 602. The number of benzene rings is 1. The smallest absolute Gasteiger partial charge is 0.203 e. The van der Waals surface area contributed by atoms with Crippen LogP contribution < -0.4 is 4.74 Å². The highest BCUT2D eigenvalue weighted by molar-refractivity contribution is 6.35. The molecule has 20 heavy (non-hydrogen) atoms. The summed E-state index contributed by atoms with van der Waals surface area (Å²) in [4.78, 5) is 16.2. The van der Waals surface area contributed by atoms with E-state index >= 15 is 0 Å². The third-order valence-electron chi connectivity index (χ3n) is 2.79. The van der Waals surface area contributed by atoms with Crippen LogP contribution in [-0.2, 0) is 0 Å². The first-order chi connectivity index (χ1) is 9.61. The van der Waals surface area contributed by atoms with Gasteiger partial charge >= 0.3 is 0 Å². The molecule has 0 saturated carbocycles. The number of aromatic nitrogens is 1. The lowest BCUT2D eigenvalue weighted by Gasteiger charge is -2.17. The van der Waals surface area contributed by atoms with Crippen molar-refractivity contribution in [1.29, 1.82) is 0 Å². The fraction of sp³-hybridized carbons (Fsp3) is 0.200. The number of ketones is 1. The van der Waals surface area contributed by atoms with Crippen LogP contribution >= 0.6 is 23.2 Å². The second-order valence-electron chi connectivity index (χ2n) is 4.19. The van der Waals surface area contributed by atoms with E-state index in [9.17, 15) is 4.79 Å². The average molecular weight is 310 g/mol. The standard InChI is InChI=1S/C15H13Cl2NO2/c1-2-13(15(19)10-5-7-18-8-6-10)20-14-4-3-11(16)9-12(14)17/h3-9,13H,2H2,1H3. The molecule has 1 heterocycles. The van der Waals surface area contributed by atoms with Crippen LogP contribution in [0.2, 0.25) is 10.0 Å². The molecule has 1 aromatic carbocycles. The number of nitrogens with zero attached hydrogens (tertiary/aromatic N) is 1. The summed E-state index contributed by atoms with van der Waals surface area (Å²) < 4.78 is 5.71. The average Bonchev–Trinajstić information content (AvgIpc) is 2.47. The van der Waals surface area contributed by atoms with Gasteiger partial charge in [-0.1, -0.05) is 30.1 Å². The van der Waals surface area contributed by atoms with Gasteiger partial charge in [0.25, 0.3) is 0 Å². The molecule has 0 amide bonds. The Morgan fingerprint density at radius 1 is 1.25 bits per heavy atom. The molecule has 0 radical (unpaired) electrons. The number of carbonyl (C=O) groups excluding carboxylic acids is 1. The zero-order valence-electron chi connectivity index (χ0n) is 10.8. The zero-order chi connectivity index (χ0) is 14.5. The number of carbonyl (C=O) groups is 1. The Kier molecular flexibility index (Phi) is 4.99. The quantitative estimate of drug-likeness (QED) is 0.767. The van der Waals surface area contributed by atoms with E-state index < -0.39 is 6.10 Å². The first-order valence-corrected chi connectivity index (χ1v) is 6.93. The van der Waals surface area contributed by atoms with Gasteiger partial charge < -0.3 is 4.74 Å². The molecule has 2 rings (SSSR count). The van der Waals surface area contributed by atoms with Crippen LogP contribution in [-0.4, -0.2) is 16.9 Å². The van der Waals surface area contributed by atoms with E-state index in [-0.39, 0.29) is 5.78 Å². The second kappa shape index (κ2) is 6.73. The van der Waals surface area contributed by atoms with Gasteiger partial charge in [0.15, 0.2) is 6.10 Å². The first kappa shape index (κ1) is 14.8. The number of halogens is 2. The molecule has 0 aliphatic heterocycles. The number of ether oxygens (including phenoxy) is 1. The van der Waals surface area contributed by atoms with Gasteiger partial charge in [-0.15, -0.1) is 0 Å². The van der Waals surface area contributed by atoms with E-state index in [0.717, 1.165) is 0 Å². The molecule has 0 fully saturated rings. The van der Waals surface area contributed by atoms with Crippen molar-refractivity contribution in [2.24, 2.45) is 0 Å². The van der Waals surface area contributed by atoms with E-state index in [4.69, 9.17) is 27.9 Å². The highest BCUT2D eigenvalue weighted by Crippen LogP contribution is 2.29. The molecule has 5 heteroatoms. The topological polar surface area (TPSA) is 39.2 Å². The summed E-state index contributed by atoms with van der Waals surface area (Å²) in [5.41, 5.74) is 0.567. The van der Waals surface area contributed by atoms with Gasteiger partial charge in [-0.05, 0) is 36.8 Å². The molecule has 0 spiro atoms. The molecule has 0 bridgehead atoms. The van der Waals surface area contributed by atoms with Gasteiger partial charge in [0.1, 0.15) is 5.75 Å². The Hall–Kier alpha value is -1.58. The lowest BCUT2D eigenvalue weighted by molar-refractivity contribution is 0.0787. The summed E-state index contributed by atoms with van der Waals surface area (Å²) in [5, 5.41) is 0.911. The maximum Gasteiger partial charge on any atom is 0.203 e. The first-order valence-electron chi connectivity index (χ1n) is 6.17. The molecule has 0 N–H and O–H groups in total. The highest BCUT2D eigenvalue weighted by Gasteiger charge is 2.21. The van der Waals surface area contributed by atoms with E-state index in [2.05, 4.69) is 4.98 Å². The van der Waals surface area contributed by atoms with Crippen molar-refractivity contribution in [1.82, 2.24) is 4.98 Å². The second-order valence-corrected chi connectivity index (χ2v) is 5.03. The van der Waals surface area contributed by atoms with E-state index in [1.165, 1.54) is 0 Å². The summed E-state index contributed by atoms with van der Waals surface area (Å²) >= 11 is 11.9. The van der Waals surface area contributed by atoms with Gasteiger partial charge in [0, 0.05) is 23.0 Å². The molecular formula is C15H13Cl2NO2. The lowest BCUT2D eigenvalue weighted by Crippen LogP contribution is -2.26. The number of pyridine rings is 1. The van der Waals surface area contributed by atoms with Gasteiger partial charge in [0.05, 0.1) is 5.02 Å². The summed E-state index contributed by atoms with van der Waals surface area (Å²) in [5.74, 6) is 0.353. The molecule has 3 nitrogen and oxygen atoms in total. The largest absolute Gasteiger partial charge is 0.481 e. The van der Waals surface area contributed by atoms with Crippen molar-refractivity contribution in [2.45, 2.75) is 19.4 Å². The van der Waals surface area contributed by atoms with Crippen molar-refractivity contribution < 1.29 is 9.53 Å². The van der Waals surface area contributed by atoms with E-state index in [1.54, 1.807) is 42.7 Å². The van der Waals surface area contributed by atoms with Crippen LogP contribution in [0.5, 0.6) is 5.75 Å². The third-order valence-corrected chi connectivity index (χ3v) is 3.32. The number of Topliss-reactive ketones (excluding diaryl/α,β-unsaturated/α-hetero) is 1. The maximum absolute atomic E-state index is 12.3. The van der Waals surface area contributed by atoms with Crippen LogP contribution in [0.15, 0.2) is 42.7 Å². The Labute approximate surface area is 127 Å². The minimum absolute atomic E-state index is 0.0964. The molecule has 1 atom stereocenters. The Morgan fingerprint density at radius 2 is 1.95 bits per heavy atom. The molecule has 0 aliphatic carbocycles. The maximum atomic E-state index is 12.3. The molecule has 2 aromatic rings. The molecule has 0 aliphatic rings.